The van der Waals surface area contributed by atoms with Crippen LogP contribution in [-0.4, -0.2) is 27.7 Å². The van der Waals surface area contributed by atoms with Crippen LogP contribution < -0.4 is 5.32 Å². The van der Waals surface area contributed by atoms with Gasteiger partial charge >= 0.3 is 5.97 Å². The van der Waals surface area contributed by atoms with Crippen molar-refractivity contribution in [1.29, 1.82) is 0 Å². The number of fused-ring (bicyclic) bond motifs is 1. The summed E-state index contributed by atoms with van der Waals surface area (Å²) in [6.07, 6.45) is -0.0875. The number of nitrogens with one attached hydrogen (secondary N) is 1. The minimum Gasteiger partial charge on any atom is -0.508 e. The lowest BCUT2D eigenvalue weighted by atomic mass is 9.72. The summed E-state index contributed by atoms with van der Waals surface area (Å²) in [6.45, 7) is 7.51. The van der Waals surface area contributed by atoms with Crippen molar-refractivity contribution < 1.29 is 28.9 Å². The molecule has 1 atom stereocenters. The summed E-state index contributed by atoms with van der Waals surface area (Å²) in [5.41, 5.74) is 1.71. The summed E-state index contributed by atoms with van der Waals surface area (Å²) < 4.78 is 19.1. The highest BCUT2D eigenvalue weighted by atomic mass is 19.1. The highest BCUT2D eigenvalue weighted by Gasteiger charge is 2.43. The molecule has 0 fully saturated rings. The first-order valence-electron chi connectivity index (χ1n) is 11.8. The van der Waals surface area contributed by atoms with Gasteiger partial charge in [0.1, 0.15) is 23.8 Å². The van der Waals surface area contributed by atoms with Crippen LogP contribution in [0.1, 0.15) is 58.4 Å². The van der Waals surface area contributed by atoms with Gasteiger partial charge in [0.25, 0.3) is 5.91 Å². The van der Waals surface area contributed by atoms with Gasteiger partial charge in [-0.15, -0.1) is 0 Å². The van der Waals surface area contributed by atoms with Crippen molar-refractivity contribution >= 4 is 17.6 Å². The molecule has 0 saturated carbocycles. The summed E-state index contributed by atoms with van der Waals surface area (Å²) in [6, 6.07) is 14.3. The van der Waals surface area contributed by atoms with Crippen LogP contribution in [0.3, 0.4) is 0 Å². The van der Waals surface area contributed by atoms with E-state index >= 15 is 0 Å². The Kier molecular flexibility index (Phi) is 6.62. The van der Waals surface area contributed by atoms with Gasteiger partial charge in [-0.05, 0) is 67.6 Å². The van der Waals surface area contributed by atoms with Crippen molar-refractivity contribution in [2.75, 3.05) is 5.32 Å². The topological polar surface area (TPSA) is 95.9 Å². The molecule has 4 rings (SSSR count). The number of carbonyl (C=O) groups excluding carboxylic acids is 2. The number of rotatable bonds is 7. The first-order chi connectivity index (χ1) is 16.9. The zero-order chi connectivity index (χ0) is 26.3. The number of anilines is 1. The summed E-state index contributed by atoms with van der Waals surface area (Å²) in [4.78, 5) is 25.4. The van der Waals surface area contributed by atoms with E-state index < -0.39 is 28.7 Å². The second kappa shape index (κ2) is 9.39. The number of halogens is 1. The number of phenols is 1. The maximum absolute atomic E-state index is 14.0. The molecule has 0 aliphatic carbocycles. The highest BCUT2D eigenvalue weighted by molar-refractivity contribution is 5.99. The molecule has 0 bridgehead atoms. The van der Waals surface area contributed by atoms with Gasteiger partial charge in [-0.1, -0.05) is 43.2 Å². The van der Waals surface area contributed by atoms with E-state index in [0.29, 0.717) is 22.4 Å². The summed E-state index contributed by atoms with van der Waals surface area (Å²) >= 11 is 0. The number of ether oxygens (including phenoxy) is 1. The Balaban J connectivity index is 1.69. The second-order valence-corrected chi connectivity index (χ2v) is 10.3. The molecule has 0 aromatic heterocycles. The lowest BCUT2D eigenvalue weighted by Gasteiger charge is -2.36. The lowest BCUT2D eigenvalue weighted by molar-refractivity contribution is -0.136. The average molecular weight is 492 g/mol. The Morgan fingerprint density at radius 3 is 2.44 bits per heavy atom. The van der Waals surface area contributed by atoms with Gasteiger partial charge in [-0.25, -0.2) is 9.18 Å². The van der Waals surface area contributed by atoms with Crippen LogP contribution in [0.5, 0.6) is 5.75 Å². The number of hydrogen-bond donors (Lipinski definition) is 3. The van der Waals surface area contributed by atoms with Crippen LogP contribution in [0.4, 0.5) is 10.1 Å². The van der Waals surface area contributed by atoms with E-state index in [1.807, 2.05) is 32.0 Å². The van der Waals surface area contributed by atoms with Crippen molar-refractivity contribution in [3.05, 3.63) is 93.8 Å². The van der Waals surface area contributed by atoms with Crippen LogP contribution in [0.2, 0.25) is 0 Å². The van der Waals surface area contributed by atoms with Crippen LogP contribution in [-0.2, 0) is 28.0 Å². The van der Waals surface area contributed by atoms with E-state index in [9.17, 15) is 24.2 Å². The van der Waals surface area contributed by atoms with E-state index in [-0.39, 0.29) is 25.2 Å². The van der Waals surface area contributed by atoms with E-state index in [2.05, 4.69) is 5.32 Å². The maximum Gasteiger partial charge on any atom is 0.338 e. The monoisotopic (exact) mass is 491 g/mol. The van der Waals surface area contributed by atoms with Crippen molar-refractivity contribution in [3.63, 3.8) is 0 Å². The van der Waals surface area contributed by atoms with Gasteiger partial charge in [0.05, 0.1) is 5.56 Å². The Morgan fingerprint density at radius 2 is 1.75 bits per heavy atom. The molecule has 3 N–H and O–H groups in total. The molecule has 1 aliphatic heterocycles. The molecule has 3 aromatic rings. The molecule has 188 valence electrons. The van der Waals surface area contributed by atoms with E-state index in [1.165, 1.54) is 12.1 Å². The number of aromatic hydroxyl groups is 1. The Morgan fingerprint density at radius 1 is 1.06 bits per heavy atom. The van der Waals surface area contributed by atoms with Crippen molar-refractivity contribution in [3.8, 4) is 5.75 Å². The molecule has 36 heavy (non-hydrogen) atoms. The van der Waals surface area contributed by atoms with Gasteiger partial charge < -0.3 is 20.3 Å². The number of amides is 1. The number of aryl methyl sites for hydroxylation is 2. The molecular formula is C29H30FNO5. The van der Waals surface area contributed by atoms with E-state index in [0.717, 1.165) is 22.8 Å². The molecule has 1 amide bonds. The van der Waals surface area contributed by atoms with E-state index in [4.69, 9.17) is 4.74 Å². The van der Waals surface area contributed by atoms with Crippen molar-refractivity contribution in [2.45, 2.75) is 58.2 Å². The molecule has 0 saturated heterocycles. The van der Waals surface area contributed by atoms with E-state index in [1.54, 1.807) is 32.0 Å². The fourth-order valence-electron chi connectivity index (χ4n) is 5.07. The second-order valence-electron chi connectivity index (χ2n) is 10.3. The molecule has 1 heterocycles. The molecule has 1 unspecified atom stereocenters. The predicted molar refractivity (Wildman–Crippen MR) is 134 cm³/mol. The number of hydrogen-bond acceptors (Lipinski definition) is 5. The van der Waals surface area contributed by atoms with Crippen LogP contribution >= 0.6 is 0 Å². The number of esters is 1. The minimum atomic E-state index is -1.91. The number of carbonyl (C=O) groups is 2. The number of phenolic OH excluding ortho intramolecular Hbond substituents is 1. The standard InChI is InChI=1S/C29H30FNO5/c1-17-9-18(2)11-19(10-17)14-29(35,16-28(3,4)24-13-21(30)5-8-25(24)32)27(34)31-22-6-7-23-20(12-22)15-36-26(23)33/h5-13,32,35H,14-16H2,1-4H3,(H,31,34). The first-order valence-corrected chi connectivity index (χ1v) is 11.8. The highest BCUT2D eigenvalue weighted by Crippen LogP contribution is 2.39. The fraction of sp³-hybridized carbons (Fsp3) is 0.310. The molecule has 1 aliphatic rings. The SMILES string of the molecule is Cc1cc(C)cc(CC(O)(CC(C)(C)c2cc(F)ccc2O)C(=O)Nc2ccc3c(c2)COC3=O)c1. The molecule has 0 radical (unpaired) electrons. The zero-order valence-corrected chi connectivity index (χ0v) is 20.8. The normalized spacial score (nSPS) is 14.7. The largest absolute Gasteiger partial charge is 0.508 e. The third-order valence-electron chi connectivity index (χ3n) is 6.56. The Hall–Kier alpha value is -3.71. The van der Waals surface area contributed by atoms with Crippen molar-refractivity contribution in [2.24, 2.45) is 0 Å². The zero-order valence-electron chi connectivity index (χ0n) is 20.8. The number of benzene rings is 3. The fourth-order valence-corrected chi connectivity index (χ4v) is 5.07. The maximum atomic E-state index is 14.0. The minimum absolute atomic E-state index is 0.00734. The predicted octanol–water partition coefficient (Wildman–Crippen LogP) is 5.10. The first kappa shape index (κ1) is 25.4. The number of aliphatic hydroxyl groups is 1. The molecule has 0 spiro atoms. The van der Waals surface area contributed by atoms with Gasteiger partial charge in [-0.2, -0.15) is 0 Å². The number of cyclic esters (lactones) is 1. The van der Waals surface area contributed by atoms with Gasteiger partial charge in [0.15, 0.2) is 0 Å². The average Bonchev–Trinajstić information content (AvgIpc) is 3.14. The van der Waals surface area contributed by atoms with Gasteiger partial charge in [0.2, 0.25) is 0 Å². The van der Waals surface area contributed by atoms with Crippen molar-refractivity contribution in [1.82, 2.24) is 0 Å². The third kappa shape index (κ3) is 5.26. The lowest BCUT2D eigenvalue weighted by Crippen LogP contribution is -2.49. The Bertz CT molecular complexity index is 1330. The smallest absolute Gasteiger partial charge is 0.338 e. The molecule has 7 heteroatoms. The van der Waals surface area contributed by atoms with Crippen LogP contribution in [0.15, 0.2) is 54.6 Å². The third-order valence-corrected chi connectivity index (χ3v) is 6.56. The van der Waals surface area contributed by atoms with Crippen LogP contribution in [0, 0.1) is 19.7 Å². The van der Waals surface area contributed by atoms with Crippen LogP contribution in [0.25, 0.3) is 0 Å². The quantitative estimate of drug-likeness (QED) is 0.400. The summed E-state index contributed by atoms with van der Waals surface area (Å²) in [7, 11) is 0. The Labute approximate surface area is 209 Å². The summed E-state index contributed by atoms with van der Waals surface area (Å²) in [5, 5.41) is 25.1. The van der Waals surface area contributed by atoms with Gasteiger partial charge in [-0.3, -0.25) is 4.79 Å². The van der Waals surface area contributed by atoms with Gasteiger partial charge in [0, 0.05) is 23.2 Å². The summed E-state index contributed by atoms with van der Waals surface area (Å²) in [5.74, 6) is -1.69. The molecular weight excluding hydrogens is 461 g/mol. The molecule has 6 nitrogen and oxygen atoms in total. The molecule has 3 aromatic carbocycles.